The summed E-state index contributed by atoms with van der Waals surface area (Å²) >= 11 is 0. The minimum atomic E-state index is -0.139. The van der Waals surface area contributed by atoms with Gasteiger partial charge in [0.2, 0.25) is 0 Å². The first-order valence-electron chi connectivity index (χ1n) is 11.1. The summed E-state index contributed by atoms with van der Waals surface area (Å²) in [4.78, 5) is 29.8. The van der Waals surface area contributed by atoms with Gasteiger partial charge in [-0.05, 0) is 35.6 Å². The van der Waals surface area contributed by atoms with Crippen molar-refractivity contribution in [1.82, 2.24) is 24.6 Å². The molecule has 0 saturated carbocycles. The average Bonchev–Trinajstić information content (AvgIpc) is 3.19. The van der Waals surface area contributed by atoms with E-state index in [9.17, 15) is 9.59 Å². The summed E-state index contributed by atoms with van der Waals surface area (Å²) < 4.78 is 3.24. The van der Waals surface area contributed by atoms with Crippen molar-refractivity contribution < 1.29 is 4.79 Å². The summed E-state index contributed by atoms with van der Waals surface area (Å²) in [5, 5.41) is 7.70. The van der Waals surface area contributed by atoms with Crippen molar-refractivity contribution in [2.45, 2.75) is 46.2 Å². The Morgan fingerprint density at radius 3 is 2.55 bits per heavy atom. The van der Waals surface area contributed by atoms with Gasteiger partial charge in [-0.25, -0.2) is 9.67 Å². The van der Waals surface area contributed by atoms with Crippen LogP contribution in [-0.4, -0.2) is 31.8 Å². The Bertz CT molecular complexity index is 1340. The van der Waals surface area contributed by atoms with Crippen LogP contribution in [0.1, 0.15) is 47.8 Å². The van der Waals surface area contributed by atoms with Gasteiger partial charge in [-0.15, -0.1) is 0 Å². The first kappa shape index (κ1) is 22.5. The summed E-state index contributed by atoms with van der Waals surface area (Å²) in [6.07, 6.45) is 3.10. The third-order valence-corrected chi connectivity index (χ3v) is 5.68. The molecule has 170 valence electrons. The first-order valence-corrected chi connectivity index (χ1v) is 11.1. The molecule has 1 N–H and O–H groups in total. The minimum absolute atomic E-state index is 0.0434. The molecule has 0 unspecified atom stereocenters. The topological polar surface area (TPSA) is 81.8 Å². The number of carbonyl (C=O) groups is 1. The van der Waals surface area contributed by atoms with Crippen LogP contribution >= 0.6 is 0 Å². The van der Waals surface area contributed by atoms with Gasteiger partial charge in [-0.1, -0.05) is 62.7 Å². The number of nitrogens with zero attached hydrogens (tertiary/aromatic N) is 4. The number of aryl methyl sites for hydroxylation is 1. The zero-order valence-electron chi connectivity index (χ0n) is 19.5. The summed E-state index contributed by atoms with van der Waals surface area (Å²) in [5.41, 5.74) is 4.42. The third kappa shape index (κ3) is 5.03. The van der Waals surface area contributed by atoms with Crippen LogP contribution in [0.2, 0.25) is 0 Å². The fourth-order valence-electron chi connectivity index (χ4n) is 3.78. The van der Waals surface area contributed by atoms with Crippen LogP contribution in [0.5, 0.6) is 0 Å². The van der Waals surface area contributed by atoms with E-state index in [1.54, 1.807) is 21.8 Å². The zero-order chi connectivity index (χ0) is 23.6. The number of benzene rings is 2. The van der Waals surface area contributed by atoms with Crippen molar-refractivity contribution in [1.29, 1.82) is 0 Å². The molecule has 2 aromatic carbocycles. The molecule has 0 saturated heterocycles. The van der Waals surface area contributed by atoms with E-state index >= 15 is 0 Å². The fourth-order valence-corrected chi connectivity index (χ4v) is 3.78. The molecule has 7 nitrogen and oxygen atoms in total. The SMILES string of the molecule is Cc1cccc(Cn2cnc3c(cnn3CCNC(=O)c3ccc(C(C)(C)C)cc3)c2=O)c1. The van der Waals surface area contributed by atoms with Crippen molar-refractivity contribution in [3.63, 3.8) is 0 Å². The van der Waals surface area contributed by atoms with Gasteiger partial charge in [0.1, 0.15) is 11.7 Å². The summed E-state index contributed by atoms with van der Waals surface area (Å²) in [6.45, 7) is 9.70. The summed E-state index contributed by atoms with van der Waals surface area (Å²) in [7, 11) is 0. The largest absolute Gasteiger partial charge is 0.350 e. The zero-order valence-corrected chi connectivity index (χ0v) is 19.5. The number of amides is 1. The van der Waals surface area contributed by atoms with Gasteiger partial charge in [-0.2, -0.15) is 5.10 Å². The number of hydrogen-bond donors (Lipinski definition) is 1. The second kappa shape index (κ2) is 9.02. The molecule has 0 aliphatic rings. The van der Waals surface area contributed by atoms with Crippen molar-refractivity contribution >= 4 is 16.9 Å². The van der Waals surface area contributed by atoms with E-state index in [0.29, 0.717) is 36.2 Å². The van der Waals surface area contributed by atoms with Gasteiger partial charge >= 0.3 is 0 Å². The Balaban J connectivity index is 1.41. The van der Waals surface area contributed by atoms with Crippen molar-refractivity contribution in [3.05, 3.63) is 93.7 Å². The summed E-state index contributed by atoms with van der Waals surface area (Å²) in [6, 6.07) is 15.7. The van der Waals surface area contributed by atoms with E-state index < -0.39 is 0 Å². The second-order valence-electron chi connectivity index (χ2n) is 9.35. The minimum Gasteiger partial charge on any atom is -0.350 e. The highest BCUT2D eigenvalue weighted by molar-refractivity contribution is 5.94. The number of fused-ring (bicyclic) bond motifs is 1. The highest BCUT2D eigenvalue weighted by Gasteiger charge is 2.15. The molecular weight excluding hydrogens is 414 g/mol. The first-order chi connectivity index (χ1) is 15.7. The Hall–Kier alpha value is -3.74. The lowest BCUT2D eigenvalue weighted by Crippen LogP contribution is -2.28. The Morgan fingerprint density at radius 1 is 1.09 bits per heavy atom. The standard InChI is InChI=1S/C26H29N5O2/c1-18-6-5-7-19(14-18)16-30-17-28-23-22(25(30)33)15-29-31(23)13-12-27-24(32)20-8-10-21(11-9-20)26(2,3)4/h5-11,14-15,17H,12-13,16H2,1-4H3,(H,27,32). The van der Waals surface area contributed by atoms with E-state index in [-0.39, 0.29) is 16.9 Å². The molecule has 0 radical (unpaired) electrons. The molecule has 0 bridgehead atoms. The van der Waals surface area contributed by atoms with E-state index in [1.807, 2.05) is 49.4 Å². The monoisotopic (exact) mass is 443 g/mol. The normalized spacial score (nSPS) is 11.6. The molecule has 0 spiro atoms. The molecule has 4 aromatic rings. The Labute approximate surface area is 193 Å². The molecule has 0 aliphatic carbocycles. The van der Waals surface area contributed by atoms with Crippen molar-refractivity contribution in [2.24, 2.45) is 0 Å². The highest BCUT2D eigenvalue weighted by Crippen LogP contribution is 2.22. The smallest absolute Gasteiger partial charge is 0.264 e. The molecule has 1 amide bonds. The van der Waals surface area contributed by atoms with Gasteiger partial charge in [0, 0.05) is 12.1 Å². The predicted molar refractivity (Wildman–Crippen MR) is 130 cm³/mol. The van der Waals surface area contributed by atoms with E-state index in [0.717, 1.165) is 11.1 Å². The van der Waals surface area contributed by atoms with Gasteiger partial charge in [-0.3, -0.25) is 14.2 Å². The van der Waals surface area contributed by atoms with Crippen LogP contribution in [0.3, 0.4) is 0 Å². The van der Waals surface area contributed by atoms with Crippen LogP contribution in [0.15, 0.2) is 65.8 Å². The molecule has 7 heteroatoms. The molecule has 2 aromatic heterocycles. The van der Waals surface area contributed by atoms with Crippen LogP contribution in [0, 0.1) is 6.92 Å². The van der Waals surface area contributed by atoms with E-state index in [1.165, 1.54) is 5.56 Å². The molecule has 0 fully saturated rings. The number of nitrogens with one attached hydrogen (secondary N) is 1. The summed E-state index contributed by atoms with van der Waals surface area (Å²) in [5.74, 6) is -0.139. The number of hydrogen-bond acceptors (Lipinski definition) is 4. The maximum absolute atomic E-state index is 12.9. The Morgan fingerprint density at radius 2 is 1.85 bits per heavy atom. The van der Waals surface area contributed by atoms with Gasteiger partial charge in [0.05, 0.1) is 19.3 Å². The Kier molecular flexibility index (Phi) is 6.14. The van der Waals surface area contributed by atoms with Crippen molar-refractivity contribution in [2.75, 3.05) is 6.54 Å². The highest BCUT2D eigenvalue weighted by atomic mass is 16.1. The molecule has 0 aliphatic heterocycles. The third-order valence-electron chi connectivity index (χ3n) is 5.68. The maximum atomic E-state index is 12.9. The predicted octanol–water partition coefficient (Wildman–Crippen LogP) is 3.68. The van der Waals surface area contributed by atoms with Crippen LogP contribution < -0.4 is 10.9 Å². The molecule has 33 heavy (non-hydrogen) atoms. The van der Waals surface area contributed by atoms with Crippen LogP contribution in [0.4, 0.5) is 0 Å². The van der Waals surface area contributed by atoms with Gasteiger partial charge in [0.25, 0.3) is 11.5 Å². The number of carbonyl (C=O) groups excluding carboxylic acids is 1. The van der Waals surface area contributed by atoms with Crippen LogP contribution in [-0.2, 0) is 18.5 Å². The molecular formula is C26H29N5O2. The lowest BCUT2D eigenvalue weighted by atomic mass is 9.87. The fraction of sp³-hybridized carbons (Fsp3) is 0.308. The van der Waals surface area contributed by atoms with Gasteiger partial charge in [0.15, 0.2) is 5.65 Å². The second-order valence-corrected chi connectivity index (χ2v) is 9.35. The lowest BCUT2D eigenvalue weighted by Gasteiger charge is -2.19. The number of rotatable bonds is 6. The van der Waals surface area contributed by atoms with Gasteiger partial charge < -0.3 is 5.32 Å². The molecule has 4 rings (SSSR count). The van der Waals surface area contributed by atoms with E-state index in [2.05, 4.69) is 42.2 Å². The lowest BCUT2D eigenvalue weighted by molar-refractivity contribution is 0.0952. The molecule has 0 atom stereocenters. The quantitative estimate of drug-likeness (QED) is 0.493. The number of aromatic nitrogens is 4. The van der Waals surface area contributed by atoms with Crippen LogP contribution in [0.25, 0.3) is 11.0 Å². The van der Waals surface area contributed by atoms with E-state index in [4.69, 9.17) is 0 Å². The molecule has 2 heterocycles. The maximum Gasteiger partial charge on any atom is 0.264 e. The average molecular weight is 444 g/mol. The van der Waals surface area contributed by atoms with Crippen molar-refractivity contribution in [3.8, 4) is 0 Å².